The summed E-state index contributed by atoms with van der Waals surface area (Å²) >= 11 is 0. The molecule has 0 aromatic carbocycles. The van der Waals surface area contributed by atoms with Crippen molar-refractivity contribution < 1.29 is 0 Å². The molecule has 5 nitrogen and oxygen atoms in total. The third-order valence-corrected chi connectivity index (χ3v) is 4.45. The molecule has 1 saturated heterocycles. The predicted octanol–water partition coefficient (Wildman–Crippen LogP) is 1.10. The SMILES string of the molecule is CC(NCC(C)(C)N1CCN(C)CC1)c1nccn1C. The second kappa shape index (κ2) is 6.24. The van der Waals surface area contributed by atoms with Crippen LogP contribution in [0.5, 0.6) is 0 Å². The van der Waals surface area contributed by atoms with Crippen molar-refractivity contribution in [2.24, 2.45) is 7.05 Å². The summed E-state index contributed by atoms with van der Waals surface area (Å²) in [6.45, 7) is 12.5. The molecule has 114 valence electrons. The molecule has 1 unspecified atom stereocenters. The van der Waals surface area contributed by atoms with E-state index in [1.807, 2.05) is 19.4 Å². The molecule has 1 N–H and O–H groups in total. The van der Waals surface area contributed by atoms with Crippen LogP contribution in [0.1, 0.15) is 32.6 Å². The van der Waals surface area contributed by atoms with Crippen LogP contribution in [0.25, 0.3) is 0 Å². The fourth-order valence-corrected chi connectivity index (χ4v) is 2.81. The van der Waals surface area contributed by atoms with Crippen molar-refractivity contribution in [2.45, 2.75) is 32.4 Å². The number of hydrogen-bond donors (Lipinski definition) is 1. The van der Waals surface area contributed by atoms with Crippen LogP contribution in [0.4, 0.5) is 0 Å². The first-order chi connectivity index (χ1) is 9.40. The van der Waals surface area contributed by atoms with Crippen molar-refractivity contribution in [3.05, 3.63) is 18.2 Å². The van der Waals surface area contributed by atoms with Crippen LogP contribution in [0.3, 0.4) is 0 Å². The summed E-state index contributed by atoms with van der Waals surface area (Å²) in [7, 11) is 4.25. The first-order valence-electron chi connectivity index (χ1n) is 7.54. The summed E-state index contributed by atoms with van der Waals surface area (Å²) in [6.07, 6.45) is 3.86. The average Bonchev–Trinajstić information content (AvgIpc) is 2.83. The lowest BCUT2D eigenvalue weighted by molar-refractivity contribution is 0.0602. The second-order valence-corrected chi connectivity index (χ2v) is 6.60. The van der Waals surface area contributed by atoms with Gasteiger partial charge in [-0.3, -0.25) is 4.90 Å². The van der Waals surface area contributed by atoms with Crippen LogP contribution >= 0.6 is 0 Å². The molecule has 20 heavy (non-hydrogen) atoms. The van der Waals surface area contributed by atoms with Crippen LogP contribution in [0, 0.1) is 0 Å². The van der Waals surface area contributed by atoms with Crippen molar-refractivity contribution >= 4 is 0 Å². The molecule has 1 fully saturated rings. The van der Waals surface area contributed by atoms with Gasteiger partial charge in [-0.05, 0) is 27.8 Å². The number of aromatic nitrogens is 2. The largest absolute Gasteiger partial charge is 0.337 e. The molecule has 1 atom stereocenters. The number of aryl methyl sites for hydroxylation is 1. The lowest BCUT2D eigenvalue weighted by Gasteiger charge is -2.43. The van der Waals surface area contributed by atoms with Gasteiger partial charge in [0.1, 0.15) is 5.82 Å². The molecular formula is C15H29N5. The molecule has 0 saturated carbocycles. The maximum absolute atomic E-state index is 4.42. The number of piperazine rings is 1. The summed E-state index contributed by atoms with van der Waals surface area (Å²) in [4.78, 5) is 9.41. The Morgan fingerprint density at radius 2 is 1.90 bits per heavy atom. The summed E-state index contributed by atoms with van der Waals surface area (Å²) < 4.78 is 2.08. The Kier molecular flexibility index (Phi) is 4.83. The Morgan fingerprint density at radius 1 is 1.25 bits per heavy atom. The van der Waals surface area contributed by atoms with Crippen molar-refractivity contribution in [3.63, 3.8) is 0 Å². The number of nitrogens with one attached hydrogen (secondary N) is 1. The van der Waals surface area contributed by atoms with Gasteiger partial charge in [-0.25, -0.2) is 4.98 Å². The van der Waals surface area contributed by atoms with E-state index in [2.05, 4.69) is 52.5 Å². The van der Waals surface area contributed by atoms with Gasteiger partial charge in [0.15, 0.2) is 0 Å². The fourth-order valence-electron chi connectivity index (χ4n) is 2.81. The lowest BCUT2D eigenvalue weighted by atomic mass is 10.0. The zero-order valence-corrected chi connectivity index (χ0v) is 13.6. The maximum Gasteiger partial charge on any atom is 0.125 e. The highest BCUT2D eigenvalue weighted by Gasteiger charge is 2.29. The summed E-state index contributed by atoms with van der Waals surface area (Å²) in [5, 5.41) is 3.64. The quantitative estimate of drug-likeness (QED) is 0.875. The van der Waals surface area contributed by atoms with E-state index >= 15 is 0 Å². The Hall–Kier alpha value is -0.910. The Morgan fingerprint density at radius 3 is 2.45 bits per heavy atom. The third-order valence-electron chi connectivity index (χ3n) is 4.45. The van der Waals surface area contributed by atoms with Gasteiger partial charge >= 0.3 is 0 Å². The molecule has 2 rings (SSSR count). The predicted molar refractivity (Wildman–Crippen MR) is 82.8 cm³/mol. The third kappa shape index (κ3) is 3.59. The van der Waals surface area contributed by atoms with Gasteiger partial charge < -0.3 is 14.8 Å². The molecular weight excluding hydrogens is 250 g/mol. The molecule has 0 radical (unpaired) electrons. The van der Waals surface area contributed by atoms with E-state index < -0.39 is 0 Å². The normalized spacial score (nSPS) is 20.2. The van der Waals surface area contributed by atoms with Crippen LogP contribution in [0.15, 0.2) is 12.4 Å². The highest BCUT2D eigenvalue weighted by Crippen LogP contribution is 2.17. The van der Waals surface area contributed by atoms with Gasteiger partial charge in [0.05, 0.1) is 6.04 Å². The first kappa shape index (κ1) is 15.5. The van der Waals surface area contributed by atoms with Crippen molar-refractivity contribution in [1.82, 2.24) is 24.7 Å². The lowest BCUT2D eigenvalue weighted by Crippen LogP contribution is -2.57. The Bertz CT molecular complexity index is 418. The topological polar surface area (TPSA) is 36.3 Å². The molecule has 1 aromatic rings. The molecule has 1 aliphatic heterocycles. The summed E-state index contributed by atoms with van der Waals surface area (Å²) in [6, 6.07) is 0.279. The van der Waals surface area contributed by atoms with Gasteiger partial charge in [-0.1, -0.05) is 0 Å². The van der Waals surface area contributed by atoms with Crippen molar-refractivity contribution in [2.75, 3.05) is 39.8 Å². The van der Waals surface area contributed by atoms with Crippen LogP contribution < -0.4 is 5.32 Å². The smallest absolute Gasteiger partial charge is 0.125 e. The molecule has 2 heterocycles. The van der Waals surface area contributed by atoms with Gasteiger partial charge in [-0.15, -0.1) is 0 Å². The van der Waals surface area contributed by atoms with E-state index in [1.165, 1.54) is 13.1 Å². The van der Waals surface area contributed by atoms with Crippen LogP contribution in [-0.4, -0.2) is 64.7 Å². The van der Waals surface area contributed by atoms with E-state index in [0.717, 1.165) is 25.5 Å². The van der Waals surface area contributed by atoms with Gasteiger partial charge in [0.2, 0.25) is 0 Å². The highest BCUT2D eigenvalue weighted by molar-refractivity contribution is 4.98. The Balaban J connectivity index is 1.87. The molecule has 0 bridgehead atoms. The minimum atomic E-state index is 0.181. The van der Waals surface area contributed by atoms with Gasteiger partial charge in [-0.2, -0.15) is 0 Å². The van der Waals surface area contributed by atoms with Crippen LogP contribution in [0.2, 0.25) is 0 Å². The molecule has 1 aliphatic rings. The highest BCUT2D eigenvalue weighted by atomic mass is 15.3. The first-order valence-corrected chi connectivity index (χ1v) is 7.54. The molecule has 1 aromatic heterocycles. The van der Waals surface area contributed by atoms with Crippen molar-refractivity contribution in [3.8, 4) is 0 Å². The number of nitrogens with zero attached hydrogens (tertiary/aromatic N) is 4. The standard InChI is InChI=1S/C15H29N5/c1-13(14-16-6-7-19(14)5)17-12-15(2,3)20-10-8-18(4)9-11-20/h6-7,13,17H,8-12H2,1-5H3. The minimum absolute atomic E-state index is 0.181. The molecule has 0 spiro atoms. The maximum atomic E-state index is 4.42. The van der Waals surface area contributed by atoms with E-state index in [9.17, 15) is 0 Å². The van der Waals surface area contributed by atoms with Gasteiger partial charge in [0, 0.05) is 57.7 Å². The summed E-state index contributed by atoms with van der Waals surface area (Å²) in [5.41, 5.74) is 0.181. The molecule has 0 amide bonds. The zero-order chi connectivity index (χ0) is 14.8. The van der Waals surface area contributed by atoms with Crippen molar-refractivity contribution in [1.29, 1.82) is 0 Å². The Labute approximate surface area is 123 Å². The van der Waals surface area contributed by atoms with E-state index in [0.29, 0.717) is 0 Å². The molecule has 5 heteroatoms. The number of imidazole rings is 1. The number of rotatable bonds is 5. The average molecular weight is 279 g/mol. The number of likely N-dealkylation sites (N-methyl/N-ethyl adjacent to an activating group) is 1. The second-order valence-electron chi connectivity index (χ2n) is 6.60. The summed E-state index contributed by atoms with van der Waals surface area (Å²) in [5.74, 6) is 1.10. The zero-order valence-electron chi connectivity index (χ0n) is 13.6. The van der Waals surface area contributed by atoms with Gasteiger partial charge in [0.25, 0.3) is 0 Å². The number of hydrogen-bond acceptors (Lipinski definition) is 4. The minimum Gasteiger partial charge on any atom is -0.337 e. The van der Waals surface area contributed by atoms with E-state index in [-0.39, 0.29) is 11.6 Å². The monoisotopic (exact) mass is 279 g/mol. The fraction of sp³-hybridized carbons (Fsp3) is 0.800. The van der Waals surface area contributed by atoms with Crippen LogP contribution in [-0.2, 0) is 7.05 Å². The van der Waals surface area contributed by atoms with E-state index in [1.54, 1.807) is 0 Å². The molecule has 0 aliphatic carbocycles. The van der Waals surface area contributed by atoms with E-state index in [4.69, 9.17) is 0 Å².